The Labute approximate surface area is 123 Å². The summed E-state index contributed by atoms with van der Waals surface area (Å²) in [5, 5.41) is 1.51. The Kier molecular flexibility index (Phi) is 5.23. The Morgan fingerprint density at radius 2 is 1.79 bits per heavy atom. The van der Waals surface area contributed by atoms with E-state index in [1.807, 2.05) is 48.5 Å². The zero-order valence-corrected chi connectivity index (χ0v) is 12.0. The molecule has 0 saturated heterocycles. The maximum absolute atomic E-state index is 6.16. The van der Waals surface area contributed by atoms with Gasteiger partial charge in [0.15, 0.2) is 0 Å². The van der Waals surface area contributed by atoms with Gasteiger partial charge in [0.25, 0.3) is 0 Å². The first kappa shape index (κ1) is 14.4. The van der Waals surface area contributed by atoms with E-state index in [-0.39, 0.29) is 6.04 Å². The van der Waals surface area contributed by atoms with Crippen molar-refractivity contribution >= 4 is 23.2 Å². The molecule has 2 nitrogen and oxygen atoms in total. The Balaban J connectivity index is 2.07. The van der Waals surface area contributed by atoms with Gasteiger partial charge in [0.1, 0.15) is 0 Å². The van der Waals surface area contributed by atoms with Gasteiger partial charge in [-0.3, -0.25) is 11.3 Å². The van der Waals surface area contributed by atoms with Crippen LogP contribution in [0.4, 0.5) is 0 Å². The maximum Gasteiger partial charge on any atom is 0.0438 e. The summed E-state index contributed by atoms with van der Waals surface area (Å²) in [6, 6.07) is 15.8. The normalized spacial score (nSPS) is 12.4. The fourth-order valence-electron chi connectivity index (χ4n) is 2.07. The first-order valence-corrected chi connectivity index (χ1v) is 6.88. The predicted molar refractivity (Wildman–Crippen MR) is 81.4 cm³/mol. The van der Waals surface area contributed by atoms with Crippen LogP contribution in [-0.2, 0) is 12.8 Å². The number of hydrogen-bond donors (Lipinski definition) is 2. The van der Waals surface area contributed by atoms with Crippen molar-refractivity contribution < 1.29 is 0 Å². The molecular formula is C15H16Cl2N2. The van der Waals surface area contributed by atoms with Crippen molar-refractivity contribution in [3.8, 4) is 0 Å². The molecule has 0 heterocycles. The molecule has 100 valence electrons. The van der Waals surface area contributed by atoms with Crippen LogP contribution in [0.2, 0.25) is 10.0 Å². The summed E-state index contributed by atoms with van der Waals surface area (Å²) in [5.74, 6) is 5.63. The van der Waals surface area contributed by atoms with E-state index in [9.17, 15) is 0 Å². The standard InChI is InChI=1S/C15H16Cl2N2/c16-13-6-3-4-11(8-13)9-14(19-18)10-12-5-1-2-7-15(12)17/h1-8,14,19H,9-10,18H2. The molecule has 0 aromatic heterocycles. The van der Waals surface area contributed by atoms with Crippen LogP contribution in [0.1, 0.15) is 11.1 Å². The van der Waals surface area contributed by atoms with Gasteiger partial charge in [0.2, 0.25) is 0 Å². The van der Waals surface area contributed by atoms with Gasteiger partial charge in [-0.15, -0.1) is 0 Å². The SMILES string of the molecule is NNC(Cc1cccc(Cl)c1)Cc1ccccc1Cl. The number of hydrogen-bond acceptors (Lipinski definition) is 2. The zero-order chi connectivity index (χ0) is 13.7. The van der Waals surface area contributed by atoms with Crippen molar-refractivity contribution in [2.24, 2.45) is 5.84 Å². The Morgan fingerprint density at radius 1 is 1.00 bits per heavy atom. The molecule has 19 heavy (non-hydrogen) atoms. The van der Waals surface area contributed by atoms with Crippen molar-refractivity contribution in [2.45, 2.75) is 18.9 Å². The summed E-state index contributed by atoms with van der Waals surface area (Å²) < 4.78 is 0. The van der Waals surface area contributed by atoms with E-state index in [4.69, 9.17) is 29.0 Å². The lowest BCUT2D eigenvalue weighted by molar-refractivity contribution is 0.522. The predicted octanol–water partition coefficient (Wildman–Crippen LogP) is 3.61. The lowest BCUT2D eigenvalue weighted by atomic mass is 9.99. The summed E-state index contributed by atoms with van der Waals surface area (Å²) in [6.07, 6.45) is 1.59. The number of benzene rings is 2. The van der Waals surface area contributed by atoms with E-state index in [0.717, 1.165) is 34.0 Å². The average Bonchev–Trinajstić information content (AvgIpc) is 2.40. The van der Waals surface area contributed by atoms with Gasteiger partial charge in [0.05, 0.1) is 0 Å². The van der Waals surface area contributed by atoms with Crippen LogP contribution in [-0.4, -0.2) is 6.04 Å². The number of hydrazine groups is 1. The summed E-state index contributed by atoms with van der Waals surface area (Å²) in [5.41, 5.74) is 5.09. The van der Waals surface area contributed by atoms with Crippen LogP contribution >= 0.6 is 23.2 Å². The second-order valence-corrected chi connectivity index (χ2v) is 5.34. The first-order valence-electron chi connectivity index (χ1n) is 6.13. The van der Waals surface area contributed by atoms with Crippen LogP contribution in [0.5, 0.6) is 0 Å². The third-order valence-electron chi connectivity index (χ3n) is 3.03. The highest BCUT2D eigenvalue weighted by Crippen LogP contribution is 2.18. The molecule has 0 radical (unpaired) electrons. The summed E-state index contributed by atoms with van der Waals surface area (Å²) in [4.78, 5) is 0. The monoisotopic (exact) mass is 294 g/mol. The molecular weight excluding hydrogens is 279 g/mol. The van der Waals surface area contributed by atoms with E-state index >= 15 is 0 Å². The van der Waals surface area contributed by atoms with Crippen molar-refractivity contribution in [3.05, 3.63) is 69.7 Å². The fourth-order valence-corrected chi connectivity index (χ4v) is 2.49. The largest absolute Gasteiger partial charge is 0.271 e. The van der Waals surface area contributed by atoms with Gasteiger partial charge in [0, 0.05) is 16.1 Å². The summed E-state index contributed by atoms with van der Waals surface area (Å²) in [6.45, 7) is 0. The van der Waals surface area contributed by atoms with Crippen LogP contribution in [0, 0.1) is 0 Å². The summed E-state index contributed by atoms with van der Waals surface area (Å²) >= 11 is 12.1. The van der Waals surface area contributed by atoms with Gasteiger partial charge >= 0.3 is 0 Å². The van der Waals surface area contributed by atoms with E-state index in [1.54, 1.807) is 0 Å². The minimum atomic E-state index is 0.123. The second kappa shape index (κ2) is 6.92. The quantitative estimate of drug-likeness (QED) is 0.653. The Hall–Kier alpha value is -1.06. The molecule has 0 saturated carbocycles. The lowest BCUT2D eigenvalue weighted by Crippen LogP contribution is -2.38. The minimum absolute atomic E-state index is 0.123. The second-order valence-electron chi connectivity index (χ2n) is 4.49. The molecule has 2 aromatic rings. The molecule has 0 spiro atoms. The van der Waals surface area contributed by atoms with E-state index in [0.29, 0.717) is 0 Å². The average molecular weight is 295 g/mol. The van der Waals surface area contributed by atoms with E-state index in [2.05, 4.69) is 5.43 Å². The van der Waals surface area contributed by atoms with E-state index < -0.39 is 0 Å². The van der Waals surface area contributed by atoms with Crippen molar-refractivity contribution in [1.29, 1.82) is 0 Å². The topological polar surface area (TPSA) is 38.0 Å². The van der Waals surface area contributed by atoms with Gasteiger partial charge in [-0.2, -0.15) is 0 Å². The molecule has 1 atom stereocenters. The molecule has 0 fully saturated rings. The number of nitrogens with one attached hydrogen (secondary N) is 1. The lowest BCUT2D eigenvalue weighted by Gasteiger charge is -2.17. The first-order chi connectivity index (χ1) is 9.19. The number of halogens is 2. The Morgan fingerprint density at radius 3 is 2.47 bits per heavy atom. The summed E-state index contributed by atoms with van der Waals surface area (Å²) in [7, 11) is 0. The highest BCUT2D eigenvalue weighted by atomic mass is 35.5. The van der Waals surface area contributed by atoms with Crippen LogP contribution in [0.25, 0.3) is 0 Å². The molecule has 4 heteroatoms. The fraction of sp³-hybridized carbons (Fsp3) is 0.200. The van der Waals surface area contributed by atoms with Gasteiger partial charge in [-0.1, -0.05) is 53.5 Å². The van der Waals surface area contributed by atoms with Crippen LogP contribution in [0.3, 0.4) is 0 Å². The molecule has 2 rings (SSSR count). The molecule has 2 aromatic carbocycles. The minimum Gasteiger partial charge on any atom is -0.271 e. The highest BCUT2D eigenvalue weighted by molar-refractivity contribution is 6.31. The molecule has 1 unspecified atom stereocenters. The van der Waals surface area contributed by atoms with Crippen LogP contribution in [0.15, 0.2) is 48.5 Å². The zero-order valence-electron chi connectivity index (χ0n) is 10.4. The third-order valence-corrected chi connectivity index (χ3v) is 3.63. The van der Waals surface area contributed by atoms with Gasteiger partial charge in [-0.25, -0.2) is 0 Å². The maximum atomic E-state index is 6.16. The smallest absolute Gasteiger partial charge is 0.0438 e. The van der Waals surface area contributed by atoms with Crippen LogP contribution < -0.4 is 11.3 Å². The number of nitrogens with two attached hydrogens (primary N) is 1. The van der Waals surface area contributed by atoms with Crippen molar-refractivity contribution in [1.82, 2.24) is 5.43 Å². The van der Waals surface area contributed by atoms with Gasteiger partial charge in [-0.05, 0) is 42.2 Å². The van der Waals surface area contributed by atoms with Crippen molar-refractivity contribution in [2.75, 3.05) is 0 Å². The Bertz CT molecular complexity index is 543. The molecule has 3 N–H and O–H groups in total. The molecule has 0 aliphatic carbocycles. The molecule has 0 aliphatic rings. The molecule has 0 bridgehead atoms. The van der Waals surface area contributed by atoms with Crippen molar-refractivity contribution in [3.63, 3.8) is 0 Å². The highest BCUT2D eigenvalue weighted by Gasteiger charge is 2.11. The third kappa shape index (κ3) is 4.22. The number of rotatable bonds is 5. The molecule has 0 amide bonds. The van der Waals surface area contributed by atoms with E-state index in [1.165, 1.54) is 0 Å². The van der Waals surface area contributed by atoms with Gasteiger partial charge < -0.3 is 0 Å². The molecule has 0 aliphatic heterocycles.